The topological polar surface area (TPSA) is 55.1 Å². The predicted molar refractivity (Wildman–Crippen MR) is 46.6 cm³/mol. The summed E-state index contributed by atoms with van der Waals surface area (Å²) in [5.41, 5.74) is 5.51. The number of nitrogens with two attached hydrogens (primary N) is 1. The molecule has 84 valence electrons. The van der Waals surface area contributed by atoms with Crippen molar-refractivity contribution in [3.63, 3.8) is 0 Å². The van der Waals surface area contributed by atoms with Crippen LogP contribution in [-0.4, -0.2) is 24.7 Å². The van der Waals surface area contributed by atoms with E-state index in [2.05, 4.69) is 5.32 Å². The minimum Gasteiger partial charge on any atom is -0.356 e. The summed E-state index contributed by atoms with van der Waals surface area (Å²) in [6.07, 6.45) is -4.61. The molecule has 0 saturated heterocycles. The van der Waals surface area contributed by atoms with Crippen molar-refractivity contribution < 1.29 is 18.0 Å². The summed E-state index contributed by atoms with van der Waals surface area (Å²) in [6.45, 7) is 2.08. The molecule has 1 amide bonds. The van der Waals surface area contributed by atoms with Gasteiger partial charge < -0.3 is 11.1 Å². The molecule has 0 aliphatic rings. The molecule has 0 aromatic rings. The molecule has 0 saturated carbocycles. The molecule has 0 aliphatic carbocycles. The first-order valence-corrected chi connectivity index (χ1v) is 4.44. The standard InChI is InChI=1S/C8H15F3N2O/c1-2-6(12)3-4-13-7(14)5-8(9,10)11/h6H,2-5,12H2,1H3,(H,13,14). The monoisotopic (exact) mass is 212 g/mol. The van der Waals surface area contributed by atoms with Crippen molar-refractivity contribution in [1.82, 2.24) is 5.32 Å². The second-order valence-corrected chi connectivity index (χ2v) is 3.10. The molecule has 0 spiro atoms. The van der Waals surface area contributed by atoms with Crippen molar-refractivity contribution in [3.05, 3.63) is 0 Å². The highest BCUT2D eigenvalue weighted by molar-refractivity contribution is 5.76. The van der Waals surface area contributed by atoms with Gasteiger partial charge in [-0.15, -0.1) is 0 Å². The first-order valence-electron chi connectivity index (χ1n) is 4.44. The van der Waals surface area contributed by atoms with Gasteiger partial charge in [-0.1, -0.05) is 6.92 Å². The van der Waals surface area contributed by atoms with Gasteiger partial charge in [0.2, 0.25) is 5.91 Å². The normalized spacial score (nSPS) is 13.8. The Hall–Kier alpha value is -0.780. The van der Waals surface area contributed by atoms with Crippen LogP contribution in [0.5, 0.6) is 0 Å². The average molecular weight is 212 g/mol. The van der Waals surface area contributed by atoms with Crippen LogP contribution < -0.4 is 11.1 Å². The summed E-state index contributed by atoms with van der Waals surface area (Å²) in [6, 6.07) is -0.0683. The predicted octanol–water partition coefficient (Wildman–Crippen LogP) is 1.18. The van der Waals surface area contributed by atoms with E-state index in [9.17, 15) is 18.0 Å². The smallest absolute Gasteiger partial charge is 0.356 e. The van der Waals surface area contributed by atoms with Crippen LogP contribution >= 0.6 is 0 Å². The fourth-order valence-corrected chi connectivity index (χ4v) is 0.846. The average Bonchev–Trinajstić information content (AvgIpc) is 2.00. The second-order valence-electron chi connectivity index (χ2n) is 3.10. The molecule has 0 aromatic carbocycles. The van der Waals surface area contributed by atoms with Crippen molar-refractivity contribution in [1.29, 1.82) is 0 Å². The van der Waals surface area contributed by atoms with Gasteiger partial charge in [-0.05, 0) is 12.8 Å². The van der Waals surface area contributed by atoms with Gasteiger partial charge in [0.1, 0.15) is 6.42 Å². The Bertz CT molecular complexity index is 182. The Morgan fingerprint density at radius 3 is 2.50 bits per heavy atom. The number of halogens is 3. The van der Waals surface area contributed by atoms with Crippen LogP contribution in [0.1, 0.15) is 26.2 Å². The zero-order valence-corrected chi connectivity index (χ0v) is 8.03. The Kier molecular flexibility index (Phi) is 5.52. The van der Waals surface area contributed by atoms with E-state index in [1.165, 1.54) is 0 Å². The molecule has 14 heavy (non-hydrogen) atoms. The highest BCUT2D eigenvalue weighted by Crippen LogP contribution is 2.18. The molecule has 0 fully saturated rings. The number of carbonyl (C=O) groups excluding carboxylic acids is 1. The maximum absolute atomic E-state index is 11.7. The molecule has 0 heterocycles. The summed E-state index contributed by atoms with van der Waals surface area (Å²) in [5, 5.41) is 2.17. The SMILES string of the molecule is CCC(N)CCNC(=O)CC(F)(F)F. The Labute approximate surface area is 80.8 Å². The van der Waals surface area contributed by atoms with Crippen molar-refractivity contribution >= 4 is 5.91 Å². The van der Waals surface area contributed by atoms with Gasteiger partial charge in [-0.25, -0.2) is 0 Å². The minimum absolute atomic E-state index is 0.0683. The van der Waals surface area contributed by atoms with Crippen LogP contribution in [0.4, 0.5) is 13.2 Å². The van der Waals surface area contributed by atoms with E-state index in [1.54, 1.807) is 0 Å². The Morgan fingerprint density at radius 1 is 1.50 bits per heavy atom. The van der Waals surface area contributed by atoms with Gasteiger partial charge in [0.05, 0.1) is 0 Å². The first kappa shape index (κ1) is 13.2. The van der Waals surface area contributed by atoms with Crippen LogP contribution in [-0.2, 0) is 4.79 Å². The second kappa shape index (κ2) is 5.85. The third kappa shape index (κ3) is 7.85. The summed E-state index contributed by atoms with van der Waals surface area (Å²) in [5.74, 6) is -0.999. The van der Waals surface area contributed by atoms with Gasteiger partial charge in [-0.3, -0.25) is 4.79 Å². The summed E-state index contributed by atoms with van der Waals surface area (Å²) in [7, 11) is 0. The first-order chi connectivity index (χ1) is 6.35. The molecule has 0 bridgehead atoms. The highest BCUT2D eigenvalue weighted by atomic mass is 19.4. The number of hydrogen-bond donors (Lipinski definition) is 2. The highest BCUT2D eigenvalue weighted by Gasteiger charge is 2.30. The molecule has 0 aliphatic heterocycles. The molecular weight excluding hydrogens is 197 g/mol. The van der Waals surface area contributed by atoms with Crippen LogP contribution in [0.25, 0.3) is 0 Å². The number of amides is 1. The van der Waals surface area contributed by atoms with E-state index >= 15 is 0 Å². The van der Waals surface area contributed by atoms with Gasteiger partial charge in [0.25, 0.3) is 0 Å². The van der Waals surface area contributed by atoms with E-state index in [-0.39, 0.29) is 12.6 Å². The molecule has 3 nitrogen and oxygen atoms in total. The van der Waals surface area contributed by atoms with Crippen LogP contribution in [0.2, 0.25) is 0 Å². The lowest BCUT2D eigenvalue weighted by Crippen LogP contribution is -2.32. The molecule has 0 radical (unpaired) electrons. The number of carbonyl (C=O) groups is 1. The molecule has 6 heteroatoms. The van der Waals surface area contributed by atoms with Crippen LogP contribution in [0.15, 0.2) is 0 Å². The Balaban J connectivity index is 3.55. The van der Waals surface area contributed by atoms with Gasteiger partial charge in [0.15, 0.2) is 0 Å². The Morgan fingerprint density at radius 2 is 2.07 bits per heavy atom. The summed E-state index contributed by atoms with van der Waals surface area (Å²) < 4.78 is 35.0. The van der Waals surface area contributed by atoms with Crippen LogP contribution in [0.3, 0.4) is 0 Å². The fourth-order valence-electron chi connectivity index (χ4n) is 0.846. The van der Waals surface area contributed by atoms with Crippen LogP contribution in [0, 0.1) is 0 Å². The quantitative estimate of drug-likeness (QED) is 0.719. The van der Waals surface area contributed by atoms with Gasteiger partial charge in [-0.2, -0.15) is 13.2 Å². The van der Waals surface area contributed by atoms with E-state index in [0.717, 1.165) is 6.42 Å². The van der Waals surface area contributed by atoms with E-state index in [0.29, 0.717) is 6.42 Å². The molecule has 1 unspecified atom stereocenters. The zero-order valence-electron chi connectivity index (χ0n) is 8.03. The lowest BCUT2D eigenvalue weighted by molar-refractivity contribution is -0.153. The maximum Gasteiger partial charge on any atom is 0.397 e. The maximum atomic E-state index is 11.7. The van der Waals surface area contributed by atoms with Gasteiger partial charge >= 0.3 is 6.18 Å². The third-order valence-corrected chi connectivity index (χ3v) is 1.72. The summed E-state index contributed by atoms with van der Waals surface area (Å²) in [4.78, 5) is 10.7. The summed E-state index contributed by atoms with van der Waals surface area (Å²) >= 11 is 0. The minimum atomic E-state index is -4.43. The zero-order chi connectivity index (χ0) is 11.2. The molecular formula is C8H15F3N2O. The van der Waals surface area contributed by atoms with E-state index in [1.807, 2.05) is 6.92 Å². The fraction of sp³-hybridized carbons (Fsp3) is 0.875. The molecule has 0 rings (SSSR count). The lowest BCUT2D eigenvalue weighted by Gasteiger charge is -2.10. The van der Waals surface area contributed by atoms with Crippen molar-refractivity contribution in [2.75, 3.05) is 6.54 Å². The van der Waals surface area contributed by atoms with Crippen molar-refractivity contribution in [2.45, 2.75) is 38.4 Å². The number of alkyl halides is 3. The lowest BCUT2D eigenvalue weighted by atomic mass is 10.2. The number of nitrogens with one attached hydrogen (secondary N) is 1. The van der Waals surface area contributed by atoms with Crippen molar-refractivity contribution in [3.8, 4) is 0 Å². The molecule has 0 aromatic heterocycles. The number of hydrogen-bond acceptors (Lipinski definition) is 2. The number of rotatable bonds is 5. The van der Waals surface area contributed by atoms with Crippen molar-refractivity contribution in [2.24, 2.45) is 5.73 Å². The molecule has 3 N–H and O–H groups in total. The van der Waals surface area contributed by atoms with E-state index in [4.69, 9.17) is 5.73 Å². The third-order valence-electron chi connectivity index (χ3n) is 1.72. The molecule has 1 atom stereocenters. The largest absolute Gasteiger partial charge is 0.397 e. The van der Waals surface area contributed by atoms with Gasteiger partial charge in [0, 0.05) is 12.6 Å². The van der Waals surface area contributed by atoms with E-state index < -0.39 is 18.5 Å².